The summed E-state index contributed by atoms with van der Waals surface area (Å²) in [5.74, 6) is -1.84. The van der Waals surface area contributed by atoms with Crippen molar-refractivity contribution < 1.29 is 19.2 Å². The van der Waals surface area contributed by atoms with Crippen molar-refractivity contribution in [3.8, 4) is 0 Å². The zero-order valence-corrected chi connectivity index (χ0v) is 11.9. The van der Waals surface area contributed by atoms with E-state index in [1.165, 1.54) is 29.5 Å². The summed E-state index contributed by atoms with van der Waals surface area (Å²) in [5, 5.41) is 13.0. The zero-order valence-electron chi connectivity index (χ0n) is 11.9. The van der Waals surface area contributed by atoms with Crippen LogP contribution in [0.2, 0.25) is 0 Å². The molecule has 0 aliphatic rings. The van der Waals surface area contributed by atoms with E-state index in [1.807, 2.05) is 0 Å². The molecule has 0 aliphatic heterocycles. The third-order valence-electron chi connectivity index (χ3n) is 2.74. The predicted molar refractivity (Wildman–Crippen MR) is 72.4 cm³/mol. The molecule has 0 radical (unpaired) electrons. The van der Waals surface area contributed by atoms with E-state index in [1.54, 1.807) is 7.05 Å². The second-order valence-corrected chi connectivity index (χ2v) is 4.30. The first-order valence-corrected chi connectivity index (χ1v) is 5.94. The molecule has 1 amide bonds. The smallest absolute Gasteiger partial charge is 0.382 e. The quantitative estimate of drug-likeness (QED) is 0.481. The van der Waals surface area contributed by atoms with Crippen LogP contribution in [0.3, 0.4) is 0 Å². The molecule has 11 heteroatoms. The maximum atomic E-state index is 12.0. The minimum Gasteiger partial charge on any atom is -0.463 e. The molecule has 0 fully saturated rings. The number of aryl methyl sites for hydroxylation is 2. The number of aromatic nitrogens is 4. The fraction of sp³-hybridized carbons (Fsp3) is 0.273. The summed E-state index contributed by atoms with van der Waals surface area (Å²) in [6.45, 7) is 0. The van der Waals surface area contributed by atoms with Gasteiger partial charge in [0.05, 0.1) is 7.11 Å². The third kappa shape index (κ3) is 2.77. The van der Waals surface area contributed by atoms with Gasteiger partial charge in [0.15, 0.2) is 5.82 Å². The number of nitrogens with zero attached hydrogens (tertiary/aromatic N) is 5. The van der Waals surface area contributed by atoms with Crippen LogP contribution in [0, 0.1) is 10.1 Å². The molecule has 0 saturated carbocycles. The number of hydrogen-bond acceptors (Lipinski definition) is 7. The van der Waals surface area contributed by atoms with Crippen LogP contribution in [0.25, 0.3) is 0 Å². The van der Waals surface area contributed by atoms with Crippen LogP contribution in [0.15, 0.2) is 12.4 Å². The van der Waals surface area contributed by atoms with Crippen molar-refractivity contribution in [2.75, 3.05) is 12.4 Å². The van der Waals surface area contributed by atoms with Gasteiger partial charge in [-0.25, -0.2) is 9.78 Å². The molecule has 1 N–H and O–H groups in total. The molecule has 2 aromatic rings. The van der Waals surface area contributed by atoms with E-state index in [0.29, 0.717) is 0 Å². The Hall–Kier alpha value is -3.24. The second kappa shape index (κ2) is 5.63. The molecule has 0 aromatic carbocycles. The van der Waals surface area contributed by atoms with Gasteiger partial charge in [-0.1, -0.05) is 0 Å². The lowest BCUT2D eigenvalue weighted by atomic mass is 10.5. The Morgan fingerprint density at radius 3 is 2.41 bits per heavy atom. The Bertz CT molecular complexity index is 761. The Morgan fingerprint density at radius 2 is 1.86 bits per heavy atom. The van der Waals surface area contributed by atoms with Gasteiger partial charge >= 0.3 is 23.5 Å². The van der Waals surface area contributed by atoms with Crippen molar-refractivity contribution >= 4 is 23.5 Å². The number of esters is 1. The van der Waals surface area contributed by atoms with Crippen molar-refractivity contribution in [3.05, 3.63) is 34.2 Å². The molecule has 2 rings (SSSR count). The standard InChI is InChI=1S/C11H12N6O5/c1-15-4-6(12-9(15)11(19)22-3)13-10(18)8-14-7(17(20)21)5-16(8)2/h4-5H,1-3H3,(H,13,18). The van der Waals surface area contributed by atoms with Gasteiger partial charge in [0, 0.05) is 20.3 Å². The summed E-state index contributed by atoms with van der Waals surface area (Å²) in [6, 6.07) is 0. The molecule has 11 nitrogen and oxygen atoms in total. The van der Waals surface area contributed by atoms with Crippen molar-refractivity contribution in [2.45, 2.75) is 0 Å². The number of anilines is 1. The molecule has 0 bridgehead atoms. The number of methoxy groups -OCH3 is 1. The molecule has 2 heterocycles. The van der Waals surface area contributed by atoms with Crippen LogP contribution in [-0.4, -0.2) is 43.0 Å². The number of rotatable bonds is 4. The number of imidazole rings is 2. The van der Waals surface area contributed by atoms with E-state index in [9.17, 15) is 19.7 Å². The summed E-state index contributed by atoms with van der Waals surface area (Å²) < 4.78 is 7.14. The number of ether oxygens (including phenoxy) is 1. The lowest BCUT2D eigenvalue weighted by molar-refractivity contribution is -0.389. The molecular weight excluding hydrogens is 296 g/mol. The minimum absolute atomic E-state index is 0.00335. The van der Waals surface area contributed by atoms with E-state index in [-0.39, 0.29) is 17.5 Å². The van der Waals surface area contributed by atoms with Crippen LogP contribution in [0.5, 0.6) is 0 Å². The first-order valence-electron chi connectivity index (χ1n) is 5.94. The van der Waals surface area contributed by atoms with Gasteiger partial charge in [-0.2, -0.15) is 0 Å². The molecule has 0 saturated heterocycles. The van der Waals surface area contributed by atoms with Crippen molar-refractivity contribution in [1.29, 1.82) is 0 Å². The average Bonchev–Trinajstić information content (AvgIpc) is 3.01. The van der Waals surface area contributed by atoms with Crippen LogP contribution in [-0.2, 0) is 18.8 Å². The highest BCUT2D eigenvalue weighted by molar-refractivity contribution is 6.01. The molecule has 116 valence electrons. The Balaban J connectivity index is 2.22. The largest absolute Gasteiger partial charge is 0.463 e. The SMILES string of the molecule is COC(=O)c1nc(NC(=O)c2nc([N+](=O)[O-])cn2C)cn1C. The number of nitrogens with one attached hydrogen (secondary N) is 1. The first-order chi connectivity index (χ1) is 10.3. The highest BCUT2D eigenvalue weighted by Gasteiger charge is 2.24. The van der Waals surface area contributed by atoms with E-state index in [0.717, 1.165) is 6.20 Å². The van der Waals surface area contributed by atoms with Gasteiger partial charge in [-0.15, -0.1) is 0 Å². The number of amides is 1. The van der Waals surface area contributed by atoms with Gasteiger partial charge < -0.3 is 29.3 Å². The van der Waals surface area contributed by atoms with Crippen LogP contribution >= 0.6 is 0 Å². The topological polar surface area (TPSA) is 134 Å². The first kappa shape index (κ1) is 15.2. The average molecular weight is 308 g/mol. The number of hydrogen-bond donors (Lipinski definition) is 1. The monoisotopic (exact) mass is 308 g/mol. The van der Waals surface area contributed by atoms with E-state index < -0.39 is 22.6 Å². The lowest BCUT2D eigenvalue weighted by Gasteiger charge is -1.97. The van der Waals surface area contributed by atoms with Gasteiger partial charge in [-0.3, -0.25) is 4.79 Å². The molecule has 2 aromatic heterocycles. The van der Waals surface area contributed by atoms with Crippen LogP contribution in [0.1, 0.15) is 21.2 Å². The summed E-state index contributed by atoms with van der Waals surface area (Å²) >= 11 is 0. The van der Waals surface area contributed by atoms with Crippen LogP contribution < -0.4 is 5.32 Å². The van der Waals surface area contributed by atoms with E-state index >= 15 is 0 Å². The molecule has 0 aliphatic carbocycles. The molecular formula is C11H12N6O5. The van der Waals surface area contributed by atoms with E-state index in [2.05, 4.69) is 20.0 Å². The molecule has 0 unspecified atom stereocenters. The third-order valence-corrected chi connectivity index (χ3v) is 2.74. The number of carbonyl (C=O) groups is 2. The Morgan fingerprint density at radius 1 is 1.23 bits per heavy atom. The number of carbonyl (C=O) groups excluding carboxylic acids is 2. The highest BCUT2D eigenvalue weighted by Crippen LogP contribution is 2.13. The summed E-state index contributed by atoms with van der Waals surface area (Å²) in [6.07, 6.45) is 2.52. The summed E-state index contributed by atoms with van der Waals surface area (Å²) in [4.78, 5) is 40.9. The fourth-order valence-electron chi connectivity index (χ4n) is 1.73. The van der Waals surface area contributed by atoms with Crippen molar-refractivity contribution in [3.63, 3.8) is 0 Å². The zero-order chi connectivity index (χ0) is 16.4. The highest BCUT2D eigenvalue weighted by atomic mass is 16.6. The molecule has 0 spiro atoms. The van der Waals surface area contributed by atoms with Gasteiger partial charge in [-0.05, 0) is 9.91 Å². The molecule has 0 atom stereocenters. The van der Waals surface area contributed by atoms with Gasteiger partial charge in [0.2, 0.25) is 5.82 Å². The summed E-state index contributed by atoms with van der Waals surface area (Å²) in [7, 11) is 4.22. The van der Waals surface area contributed by atoms with E-state index in [4.69, 9.17) is 0 Å². The lowest BCUT2D eigenvalue weighted by Crippen LogP contribution is -2.17. The van der Waals surface area contributed by atoms with Gasteiger partial charge in [0.25, 0.3) is 0 Å². The minimum atomic E-state index is -0.701. The number of nitro groups is 1. The Labute approximate surface area is 123 Å². The fourth-order valence-corrected chi connectivity index (χ4v) is 1.73. The summed E-state index contributed by atoms with van der Waals surface area (Å²) in [5.41, 5.74) is 0. The van der Waals surface area contributed by atoms with Crippen molar-refractivity contribution in [2.24, 2.45) is 14.1 Å². The molecule has 22 heavy (non-hydrogen) atoms. The maximum Gasteiger partial charge on any atom is 0.382 e. The maximum absolute atomic E-state index is 12.0. The predicted octanol–water partition coefficient (Wildman–Crippen LogP) is 0.101. The van der Waals surface area contributed by atoms with Crippen molar-refractivity contribution in [1.82, 2.24) is 19.1 Å². The van der Waals surface area contributed by atoms with Gasteiger partial charge in [0.1, 0.15) is 6.20 Å². The Kier molecular flexibility index (Phi) is 3.88. The second-order valence-electron chi connectivity index (χ2n) is 4.30. The van der Waals surface area contributed by atoms with Crippen LogP contribution in [0.4, 0.5) is 11.6 Å². The normalized spacial score (nSPS) is 10.3.